The van der Waals surface area contributed by atoms with Gasteiger partial charge in [0.15, 0.2) is 0 Å². The molecule has 1 unspecified atom stereocenters. The van der Waals surface area contributed by atoms with Crippen molar-refractivity contribution in [2.75, 3.05) is 13.6 Å². The van der Waals surface area contributed by atoms with Crippen molar-refractivity contribution in [1.29, 1.82) is 0 Å². The van der Waals surface area contributed by atoms with Gasteiger partial charge < -0.3 is 10.4 Å². The molecule has 0 saturated carbocycles. The van der Waals surface area contributed by atoms with Crippen LogP contribution >= 0.6 is 0 Å². The molecular formula is C9H15N3O. The fourth-order valence-corrected chi connectivity index (χ4v) is 1.09. The molecule has 0 amide bonds. The normalized spacial score (nSPS) is 15.3. The summed E-state index contributed by atoms with van der Waals surface area (Å²) in [6.45, 7) is 2.53. The van der Waals surface area contributed by atoms with Crippen LogP contribution in [-0.4, -0.2) is 28.7 Å². The Labute approximate surface area is 78.0 Å². The summed E-state index contributed by atoms with van der Waals surface area (Å²) in [5, 5.41) is 13.0. The van der Waals surface area contributed by atoms with Gasteiger partial charge in [0.1, 0.15) is 6.33 Å². The van der Waals surface area contributed by atoms with E-state index in [-0.39, 0.29) is 0 Å². The summed E-state index contributed by atoms with van der Waals surface area (Å²) in [5.41, 5.74) is -0.0881. The third kappa shape index (κ3) is 2.75. The molecule has 1 rings (SSSR count). The minimum Gasteiger partial charge on any atom is -0.385 e. The summed E-state index contributed by atoms with van der Waals surface area (Å²) in [5.74, 6) is 0. The molecule has 72 valence electrons. The second kappa shape index (κ2) is 4.30. The third-order valence-electron chi connectivity index (χ3n) is 2.04. The van der Waals surface area contributed by atoms with Gasteiger partial charge in [-0.05, 0) is 26.9 Å². The van der Waals surface area contributed by atoms with Crippen LogP contribution in [0.4, 0.5) is 0 Å². The third-order valence-corrected chi connectivity index (χ3v) is 2.04. The summed E-state index contributed by atoms with van der Waals surface area (Å²) >= 11 is 0. The first-order valence-electron chi connectivity index (χ1n) is 4.29. The number of aromatic nitrogens is 2. The van der Waals surface area contributed by atoms with Gasteiger partial charge in [0, 0.05) is 18.0 Å². The first-order chi connectivity index (χ1) is 6.17. The lowest BCUT2D eigenvalue weighted by Gasteiger charge is -2.22. The molecule has 1 atom stereocenters. The Balaban J connectivity index is 2.69. The summed E-state index contributed by atoms with van der Waals surface area (Å²) in [7, 11) is 1.86. The molecule has 1 heterocycles. The highest BCUT2D eigenvalue weighted by molar-refractivity contribution is 5.12. The molecule has 2 N–H and O–H groups in total. The number of nitrogens with one attached hydrogen (secondary N) is 1. The summed E-state index contributed by atoms with van der Waals surface area (Å²) in [6.07, 6.45) is 5.39. The van der Waals surface area contributed by atoms with Crippen molar-refractivity contribution in [2.24, 2.45) is 0 Å². The van der Waals surface area contributed by atoms with E-state index in [0.29, 0.717) is 6.42 Å². The number of nitrogens with zero attached hydrogens (tertiary/aromatic N) is 2. The number of hydrogen-bond donors (Lipinski definition) is 2. The van der Waals surface area contributed by atoms with Gasteiger partial charge in [-0.2, -0.15) is 0 Å². The molecule has 0 aliphatic carbocycles. The summed E-state index contributed by atoms with van der Waals surface area (Å²) < 4.78 is 0. The Bertz CT molecular complexity index is 248. The number of aliphatic hydroxyl groups is 1. The smallest absolute Gasteiger partial charge is 0.115 e. The quantitative estimate of drug-likeness (QED) is 0.701. The maximum Gasteiger partial charge on any atom is 0.115 e. The maximum absolute atomic E-state index is 10.00. The van der Waals surface area contributed by atoms with Gasteiger partial charge in [0.05, 0.1) is 5.60 Å². The van der Waals surface area contributed by atoms with Crippen LogP contribution in [0.2, 0.25) is 0 Å². The van der Waals surface area contributed by atoms with Gasteiger partial charge in [-0.3, -0.25) is 0 Å². The maximum atomic E-state index is 10.00. The first kappa shape index (κ1) is 10.1. The Hall–Kier alpha value is -1.00. The molecule has 0 aliphatic heterocycles. The number of rotatable bonds is 4. The molecule has 4 heteroatoms. The van der Waals surface area contributed by atoms with Gasteiger partial charge in [-0.25, -0.2) is 9.97 Å². The largest absolute Gasteiger partial charge is 0.385 e. The molecular weight excluding hydrogens is 166 g/mol. The van der Waals surface area contributed by atoms with Crippen LogP contribution in [-0.2, 0) is 5.60 Å². The summed E-state index contributed by atoms with van der Waals surface area (Å²) in [6, 6.07) is 0. The van der Waals surface area contributed by atoms with Crippen molar-refractivity contribution in [3.63, 3.8) is 0 Å². The topological polar surface area (TPSA) is 58.0 Å². The average Bonchev–Trinajstić information content (AvgIpc) is 2.16. The predicted octanol–water partition coefficient (Wildman–Crippen LogP) is 0.294. The molecule has 0 bridgehead atoms. The molecule has 0 fully saturated rings. The van der Waals surface area contributed by atoms with Crippen molar-refractivity contribution < 1.29 is 5.11 Å². The molecule has 0 radical (unpaired) electrons. The average molecular weight is 181 g/mol. The van der Waals surface area contributed by atoms with E-state index in [4.69, 9.17) is 0 Å². The van der Waals surface area contributed by atoms with Gasteiger partial charge in [0.25, 0.3) is 0 Å². The zero-order valence-electron chi connectivity index (χ0n) is 7.99. The lowest BCUT2D eigenvalue weighted by atomic mass is 9.95. The van der Waals surface area contributed by atoms with Crippen molar-refractivity contribution in [3.05, 3.63) is 24.3 Å². The van der Waals surface area contributed by atoms with Crippen LogP contribution in [0.3, 0.4) is 0 Å². The predicted molar refractivity (Wildman–Crippen MR) is 50.1 cm³/mol. The van der Waals surface area contributed by atoms with E-state index in [9.17, 15) is 5.11 Å². The number of hydrogen-bond acceptors (Lipinski definition) is 4. The Morgan fingerprint density at radius 3 is 2.62 bits per heavy atom. The molecule has 0 saturated heterocycles. The lowest BCUT2D eigenvalue weighted by Crippen LogP contribution is -2.26. The molecule has 4 nitrogen and oxygen atoms in total. The van der Waals surface area contributed by atoms with Crippen LogP contribution in [0.1, 0.15) is 18.9 Å². The minimum absolute atomic E-state index is 0.650. The van der Waals surface area contributed by atoms with Crippen LogP contribution in [0.5, 0.6) is 0 Å². The Morgan fingerprint density at radius 2 is 2.08 bits per heavy atom. The Kier molecular flexibility index (Phi) is 3.33. The van der Waals surface area contributed by atoms with E-state index < -0.39 is 5.60 Å². The highest BCUT2D eigenvalue weighted by Gasteiger charge is 2.22. The molecule has 13 heavy (non-hydrogen) atoms. The fourth-order valence-electron chi connectivity index (χ4n) is 1.09. The second-order valence-corrected chi connectivity index (χ2v) is 3.25. The van der Waals surface area contributed by atoms with E-state index in [2.05, 4.69) is 15.3 Å². The SMILES string of the molecule is CNCCC(C)(O)c1cncnc1. The zero-order valence-corrected chi connectivity index (χ0v) is 7.99. The highest BCUT2D eigenvalue weighted by Crippen LogP contribution is 2.21. The van der Waals surface area contributed by atoms with Gasteiger partial charge in [-0.15, -0.1) is 0 Å². The van der Waals surface area contributed by atoms with Crippen LogP contribution in [0, 0.1) is 0 Å². The van der Waals surface area contributed by atoms with E-state index >= 15 is 0 Å². The summed E-state index contributed by atoms with van der Waals surface area (Å²) in [4.78, 5) is 7.74. The standard InChI is InChI=1S/C9H15N3O/c1-9(13,3-4-10-2)8-5-11-7-12-6-8/h5-7,10,13H,3-4H2,1-2H3. The van der Waals surface area contributed by atoms with Crippen LogP contribution in [0.25, 0.3) is 0 Å². The van der Waals surface area contributed by atoms with E-state index in [1.807, 2.05) is 7.05 Å². The molecule has 0 aliphatic rings. The van der Waals surface area contributed by atoms with Gasteiger partial charge in [-0.1, -0.05) is 0 Å². The first-order valence-corrected chi connectivity index (χ1v) is 4.29. The van der Waals surface area contributed by atoms with Crippen LogP contribution in [0.15, 0.2) is 18.7 Å². The van der Waals surface area contributed by atoms with Crippen molar-refractivity contribution in [1.82, 2.24) is 15.3 Å². The fraction of sp³-hybridized carbons (Fsp3) is 0.556. The second-order valence-electron chi connectivity index (χ2n) is 3.25. The monoisotopic (exact) mass is 181 g/mol. The zero-order chi connectivity index (χ0) is 9.73. The van der Waals surface area contributed by atoms with Gasteiger partial charge >= 0.3 is 0 Å². The van der Waals surface area contributed by atoms with Crippen molar-refractivity contribution >= 4 is 0 Å². The lowest BCUT2D eigenvalue weighted by molar-refractivity contribution is 0.0478. The van der Waals surface area contributed by atoms with Gasteiger partial charge in [0.2, 0.25) is 0 Å². The van der Waals surface area contributed by atoms with E-state index in [1.165, 1.54) is 6.33 Å². The van der Waals surface area contributed by atoms with E-state index in [1.54, 1.807) is 19.3 Å². The minimum atomic E-state index is -0.843. The molecule has 1 aromatic rings. The molecule has 0 spiro atoms. The highest BCUT2D eigenvalue weighted by atomic mass is 16.3. The molecule has 0 aromatic carbocycles. The van der Waals surface area contributed by atoms with Crippen molar-refractivity contribution in [3.8, 4) is 0 Å². The Morgan fingerprint density at radius 1 is 1.46 bits per heavy atom. The molecule has 1 aromatic heterocycles. The van der Waals surface area contributed by atoms with E-state index in [0.717, 1.165) is 12.1 Å². The van der Waals surface area contributed by atoms with Crippen LogP contribution < -0.4 is 5.32 Å². The van der Waals surface area contributed by atoms with Crippen molar-refractivity contribution in [2.45, 2.75) is 18.9 Å².